The van der Waals surface area contributed by atoms with Crippen LogP contribution < -0.4 is 15.4 Å². The molecular weight excluding hydrogens is 909 g/mol. The summed E-state index contributed by atoms with van der Waals surface area (Å²) >= 11 is 12.4. The van der Waals surface area contributed by atoms with Gasteiger partial charge < -0.3 is 44.5 Å². The Morgan fingerprint density at radius 1 is 1.02 bits per heavy atom. The smallest absolute Gasteiger partial charge is 0.389 e. The van der Waals surface area contributed by atoms with Crippen molar-refractivity contribution in [3.05, 3.63) is 99.7 Å². The molecule has 66 heavy (non-hydrogen) atoms. The highest BCUT2D eigenvalue weighted by Crippen LogP contribution is 2.36. The van der Waals surface area contributed by atoms with Gasteiger partial charge in [0.25, 0.3) is 0 Å². The van der Waals surface area contributed by atoms with Gasteiger partial charge in [-0.1, -0.05) is 35.3 Å². The van der Waals surface area contributed by atoms with Crippen LogP contribution in [-0.2, 0) is 50.5 Å². The third kappa shape index (κ3) is 13.7. The van der Waals surface area contributed by atoms with Crippen molar-refractivity contribution < 1.29 is 51.3 Å². The first-order chi connectivity index (χ1) is 31.1. The van der Waals surface area contributed by atoms with Gasteiger partial charge in [-0.3, -0.25) is 19.2 Å². The molecule has 20 heteroatoms. The van der Waals surface area contributed by atoms with Crippen LogP contribution in [0, 0.1) is 11.7 Å². The molecule has 358 valence electrons. The van der Waals surface area contributed by atoms with Crippen LogP contribution in [0.1, 0.15) is 49.6 Å². The number of amides is 3. The molecule has 4 atom stereocenters. The second-order valence-electron chi connectivity index (χ2n) is 16.9. The van der Waals surface area contributed by atoms with E-state index in [9.17, 15) is 37.5 Å². The number of benzene rings is 3. The Morgan fingerprint density at radius 3 is 2.32 bits per heavy atom. The maximum Gasteiger partial charge on any atom is 0.389 e. The third-order valence-corrected chi connectivity index (χ3v) is 12.0. The molecule has 3 N–H and O–H groups in total. The van der Waals surface area contributed by atoms with E-state index in [2.05, 4.69) is 15.6 Å². The summed E-state index contributed by atoms with van der Waals surface area (Å²) in [5, 5.41) is 15.6. The molecule has 0 bridgehead atoms. The molecule has 3 unspecified atom stereocenters. The summed E-state index contributed by atoms with van der Waals surface area (Å²) in [5.74, 6) is -4.99. The van der Waals surface area contributed by atoms with Crippen molar-refractivity contribution in [2.45, 2.75) is 75.9 Å². The minimum Gasteiger partial charge on any atom is -0.481 e. The first-order valence-electron chi connectivity index (χ1n) is 21.1. The Hall–Kier alpha value is -5.27. The number of imidazole rings is 1. The lowest BCUT2D eigenvalue weighted by atomic mass is 9.80. The maximum atomic E-state index is 15.5. The zero-order valence-corrected chi connectivity index (χ0v) is 39.1. The molecule has 1 aliphatic heterocycles. The second-order valence-corrected chi connectivity index (χ2v) is 17.7. The number of carbonyl (C=O) groups excluding carboxylic acids is 3. The molecule has 2 heterocycles. The molecule has 0 aliphatic carbocycles. The number of aromatic nitrogens is 2. The summed E-state index contributed by atoms with van der Waals surface area (Å²) in [5.41, 5.74) is 1.34. The predicted molar refractivity (Wildman–Crippen MR) is 241 cm³/mol. The number of methoxy groups -OCH3 is 1. The average molecular weight is 965 g/mol. The standard InChI is InChI=1S/C46H55Cl2F4N7O7/c1-28(53-23-35-36(49)19-33(48)20-39(35)66-34-14-10-30(11-15-34)38-24-54-40(57(38)4)25-56(2)3)42(62)55-37(26-65-6)44(64)58(5)45(21-29-8-12-32(47)13-9-29)16-7-17-59(27-45)43(63)31(18-41(60)61)22-46(50,51)52/h8-15,19-20,24,28,31,37,53H,7,16-18,21-23,25-27H2,1-6H3,(H,55,62)(H,60,61)/t28?,31?,37?,45-/m1/s1. The molecular formula is C46H55Cl2F4N7O7. The lowest BCUT2D eigenvalue weighted by Gasteiger charge is -2.49. The number of alkyl halides is 3. The van der Waals surface area contributed by atoms with Gasteiger partial charge in [0.2, 0.25) is 17.7 Å². The van der Waals surface area contributed by atoms with Gasteiger partial charge in [0.15, 0.2) is 0 Å². The number of aliphatic carboxylic acids is 1. The number of carboxylic acid groups (broad SMARTS) is 1. The van der Waals surface area contributed by atoms with Gasteiger partial charge in [0.1, 0.15) is 29.2 Å². The largest absolute Gasteiger partial charge is 0.481 e. The molecule has 4 aromatic rings. The van der Waals surface area contributed by atoms with Gasteiger partial charge in [-0.15, -0.1) is 0 Å². The fraction of sp³-hybridized carbons (Fsp3) is 0.457. The number of likely N-dealkylation sites (tertiary alicyclic amines) is 1. The quantitative estimate of drug-likeness (QED) is 0.0781. The number of halogens is 6. The maximum absolute atomic E-state index is 15.5. The second kappa shape index (κ2) is 22.5. The molecule has 1 saturated heterocycles. The number of likely N-dealkylation sites (N-methyl/N-ethyl adjacent to an activating group) is 1. The van der Waals surface area contributed by atoms with E-state index in [0.29, 0.717) is 29.3 Å². The van der Waals surface area contributed by atoms with Crippen LogP contribution in [0.3, 0.4) is 0 Å². The number of nitrogens with zero attached hydrogens (tertiary/aromatic N) is 5. The van der Waals surface area contributed by atoms with E-state index >= 15 is 4.39 Å². The van der Waals surface area contributed by atoms with Crippen molar-refractivity contribution in [3.63, 3.8) is 0 Å². The molecule has 0 spiro atoms. The minimum absolute atomic E-state index is 0.0379. The number of carboxylic acids is 1. The molecule has 3 amide bonds. The van der Waals surface area contributed by atoms with Crippen LogP contribution in [0.4, 0.5) is 17.6 Å². The summed E-state index contributed by atoms with van der Waals surface area (Å²) in [6.07, 6.45) is -4.96. The van der Waals surface area contributed by atoms with E-state index in [1.54, 1.807) is 42.6 Å². The Morgan fingerprint density at radius 2 is 1.70 bits per heavy atom. The van der Waals surface area contributed by atoms with Crippen molar-refractivity contribution in [1.29, 1.82) is 0 Å². The normalized spacial score (nSPS) is 16.7. The summed E-state index contributed by atoms with van der Waals surface area (Å²) < 4.78 is 69.7. The van der Waals surface area contributed by atoms with E-state index in [1.807, 2.05) is 42.7 Å². The number of nitrogens with one attached hydrogen (secondary N) is 2. The molecule has 1 aliphatic rings. The average Bonchev–Trinajstić information content (AvgIpc) is 3.60. The Kier molecular flexibility index (Phi) is 17.6. The van der Waals surface area contributed by atoms with Crippen molar-refractivity contribution >= 4 is 46.9 Å². The molecule has 1 fully saturated rings. The van der Waals surface area contributed by atoms with Crippen LogP contribution in [0.2, 0.25) is 10.0 Å². The molecule has 3 aromatic carbocycles. The summed E-state index contributed by atoms with van der Waals surface area (Å²) in [6.45, 7) is 1.52. The van der Waals surface area contributed by atoms with E-state index in [1.165, 1.54) is 36.9 Å². The van der Waals surface area contributed by atoms with Crippen LogP contribution in [0.25, 0.3) is 11.3 Å². The lowest BCUT2D eigenvalue weighted by Crippen LogP contribution is -2.65. The lowest BCUT2D eigenvalue weighted by molar-refractivity contribution is -0.166. The van der Waals surface area contributed by atoms with E-state index in [-0.39, 0.29) is 55.4 Å². The Labute approximate surface area is 391 Å². The van der Waals surface area contributed by atoms with E-state index < -0.39 is 72.1 Å². The van der Waals surface area contributed by atoms with Crippen molar-refractivity contribution in [3.8, 4) is 22.8 Å². The number of piperidine rings is 1. The fourth-order valence-electron chi connectivity index (χ4n) is 8.08. The van der Waals surface area contributed by atoms with Gasteiger partial charge in [-0.25, -0.2) is 9.37 Å². The SMILES string of the molecule is COCC(NC(=O)C(C)NCc1c(F)cc(Cl)cc1Oc1ccc(-c2cnc(CN(C)C)n2C)cc1)C(=O)N(C)[C@@]1(Cc2ccc(Cl)cc2)CCCN(C(=O)C(CC(=O)O)CC(F)(F)F)C1. The first-order valence-corrected chi connectivity index (χ1v) is 21.9. The van der Waals surface area contributed by atoms with Gasteiger partial charge >= 0.3 is 12.1 Å². The van der Waals surface area contributed by atoms with Crippen LogP contribution in [0.15, 0.2) is 66.9 Å². The first kappa shape index (κ1) is 51.7. The van der Waals surface area contributed by atoms with Gasteiger partial charge in [-0.05, 0) is 94.4 Å². The minimum atomic E-state index is -4.80. The van der Waals surface area contributed by atoms with Crippen molar-refractivity contribution in [1.82, 2.24) is 34.9 Å². The van der Waals surface area contributed by atoms with Crippen LogP contribution in [0.5, 0.6) is 11.5 Å². The predicted octanol–water partition coefficient (Wildman–Crippen LogP) is 7.10. The molecule has 0 saturated carbocycles. The Balaban J connectivity index is 1.31. The monoisotopic (exact) mass is 963 g/mol. The number of rotatable bonds is 20. The summed E-state index contributed by atoms with van der Waals surface area (Å²) in [6, 6.07) is 14.2. The zero-order valence-electron chi connectivity index (χ0n) is 37.6. The number of ether oxygens (including phenoxy) is 2. The Bertz CT molecular complexity index is 2330. The molecule has 0 radical (unpaired) electrons. The molecule has 14 nitrogen and oxygen atoms in total. The van der Waals surface area contributed by atoms with Gasteiger partial charge in [-0.2, -0.15) is 13.2 Å². The molecule has 1 aromatic heterocycles. The van der Waals surface area contributed by atoms with E-state index in [4.69, 9.17) is 32.7 Å². The van der Waals surface area contributed by atoms with Gasteiger partial charge in [0, 0.05) is 62.0 Å². The fourth-order valence-corrected chi connectivity index (χ4v) is 8.40. The van der Waals surface area contributed by atoms with Crippen molar-refractivity contribution in [2.24, 2.45) is 13.0 Å². The summed E-state index contributed by atoms with van der Waals surface area (Å²) in [7, 11) is 8.67. The zero-order chi connectivity index (χ0) is 48.5. The van der Waals surface area contributed by atoms with Crippen LogP contribution >= 0.6 is 23.2 Å². The number of hydrogen-bond acceptors (Lipinski definition) is 9. The highest BCUT2D eigenvalue weighted by molar-refractivity contribution is 6.31. The highest BCUT2D eigenvalue weighted by atomic mass is 35.5. The topological polar surface area (TPSA) is 159 Å². The highest BCUT2D eigenvalue weighted by Gasteiger charge is 2.46. The number of carbonyl (C=O) groups is 4. The van der Waals surface area contributed by atoms with Crippen LogP contribution in [-0.4, -0.2) is 125 Å². The summed E-state index contributed by atoms with van der Waals surface area (Å²) in [4.78, 5) is 62.6. The van der Waals surface area contributed by atoms with Gasteiger partial charge in [0.05, 0.1) is 55.4 Å². The van der Waals surface area contributed by atoms with Crippen molar-refractivity contribution in [2.75, 3.05) is 47.9 Å². The third-order valence-electron chi connectivity index (χ3n) is 11.6. The van der Waals surface area contributed by atoms with E-state index in [0.717, 1.165) is 23.1 Å². The number of hydrogen-bond donors (Lipinski definition) is 3. The molecule has 5 rings (SSSR count).